The summed E-state index contributed by atoms with van der Waals surface area (Å²) in [5.74, 6) is -1.82. The lowest BCUT2D eigenvalue weighted by Crippen LogP contribution is -2.30. The summed E-state index contributed by atoms with van der Waals surface area (Å²) in [6.45, 7) is 5.27. The molecule has 2 N–H and O–H groups in total. The van der Waals surface area contributed by atoms with Gasteiger partial charge in [0, 0.05) is 19.9 Å². The zero-order valence-electron chi connectivity index (χ0n) is 15.0. The molecule has 1 aromatic heterocycles. The maximum absolute atomic E-state index is 12.5. The number of carbonyl (C=O) groups is 2. The van der Waals surface area contributed by atoms with Crippen LogP contribution in [0.5, 0.6) is 0 Å². The van der Waals surface area contributed by atoms with Crippen molar-refractivity contribution < 1.29 is 24.5 Å². The molecule has 8 nitrogen and oxygen atoms in total. The molecule has 26 heavy (non-hydrogen) atoms. The number of nitrogens with zero attached hydrogens (tertiary/aromatic N) is 2. The quantitative estimate of drug-likeness (QED) is 0.715. The second kappa shape index (κ2) is 8.09. The lowest BCUT2D eigenvalue weighted by molar-refractivity contribution is -0.141. The zero-order valence-corrected chi connectivity index (χ0v) is 15.0. The lowest BCUT2D eigenvalue weighted by Gasteiger charge is -2.15. The SMILES string of the molecule is CC(=O)OCCC(O)CCn1c(=O)c(C(=O)O)nc2cc(C)c(C)cc21. The maximum Gasteiger partial charge on any atom is 0.360 e. The van der Waals surface area contributed by atoms with Crippen molar-refractivity contribution in [2.75, 3.05) is 6.61 Å². The van der Waals surface area contributed by atoms with E-state index < -0.39 is 29.3 Å². The highest BCUT2D eigenvalue weighted by Gasteiger charge is 2.18. The number of esters is 1. The molecule has 0 spiro atoms. The van der Waals surface area contributed by atoms with Crippen LogP contribution in [0.3, 0.4) is 0 Å². The molecule has 0 bridgehead atoms. The molecular formula is C18H22N2O6. The van der Waals surface area contributed by atoms with Gasteiger partial charge in [-0.25, -0.2) is 9.78 Å². The third-order valence-corrected chi connectivity index (χ3v) is 4.21. The predicted octanol–water partition coefficient (Wildman–Crippen LogP) is 1.42. The number of benzene rings is 1. The Balaban J connectivity index is 2.33. The molecule has 2 rings (SSSR count). The van der Waals surface area contributed by atoms with Crippen LogP contribution in [0.4, 0.5) is 0 Å². The Labute approximate surface area is 150 Å². The topological polar surface area (TPSA) is 119 Å². The summed E-state index contributed by atoms with van der Waals surface area (Å²) in [4.78, 5) is 38.6. The third kappa shape index (κ3) is 4.45. The molecule has 1 unspecified atom stereocenters. The Morgan fingerprint density at radius 2 is 1.88 bits per heavy atom. The highest BCUT2D eigenvalue weighted by Crippen LogP contribution is 2.18. The number of carbonyl (C=O) groups excluding carboxylic acids is 1. The molecule has 140 valence electrons. The molecule has 1 aromatic carbocycles. The van der Waals surface area contributed by atoms with Gasteiger partial charge in [-0.2, -0.15) is 0 Å². The Morgan fingerprint density at radius 3 is 2.50 bits per heavy atom. The number of carboxylic acid groups (broad SMARTS) is 1. The van der Waals surface area contributed by atoms with Gasteiger partial charge in [0.1, 0.15) is 0 Å². The molecule has 8 heteroatoms. The van der Waals surface area contributed by atoms with Crippen molar-refractivity contribution in [3.8, 4) is 0 Å². The summed E-state index contributed by atoms with van der Waals surface area (Å²) in [6, 6.07) is 3.53. The van der Waals surface area contributed by atoms with Crippen LogP contribution in [0, 0.1) is 13.8 Å². The van der Waals surface area contributed by atoms with Crippen LogP contribution in [-0.2, 0) is 16.1 Å². The summed E-state index contributed by atoms with van der Waals surface area (Å²) in [5, 5.41) is 19.3. The predicted molar refractivity (Wildman–Crippen MR) is 94.3 cm³/mol. The number of fused-ring (bicyclic) bond motifs is 1. The van der Waals surface area contributed by atoms with Crippen molar-refractivity contribution >= 4 is 23.0 Å². The summed E-state index contributed by atoms with van der Waals surface area (Å²) >= 11 is 0. The number of hydrogen-bond acceptors (Lipinski definition) is 6. The van der Waals surface area contributed by atoms with Crippen LogP contribution in [0.1, 0.15) is 41.4 Å². The van der Waals surface area contributed by atoms with E-state index in [1.54, 1.807) is 12.1 Å². The molecule has 1 atom stereocenters. The minimum absolute atomic E-state index is 0.0845. The molecule has 0 amide bonds. The molecule has 0 radical (unpaired) electrons. The van der Waals surface area contributed by atoms with Gasteiger partial charge < -0.3 is 19.5 Å². The van der Waals surface area contributed by atoms with Crippen molar-refractivity contribution in [3.05, 3.63) is 39.3 Å². The highest BCUT2D eigenvalue weighted by molar-refractivity contribution is 5.88. The number of carboxylic acids is 1. The van der Waals surface area contributed by atoms with Gasteiger partial charge in [-0.05, 0) is 43.5 Å². The van der Waals surface area contributed by atoms with Crippen LogP contribution in [0.15, 0.2) is 16.9 Å². The first-order chi connectivity index (χ1) is 12.2. The van der Waals surface area contributed by atoms with E-state index in [0.29, 0.717) is 11.0 Å². The van der Waals surface area contributed by atoms with Gasteiger partial charge in [0.15, 0.2) is 0 Å². The number of aliphatic hydroxyl groups is 1. The van der Waals surface area contributed by atoms with Crippen LogP contribution in [0.2, 0.25) is 0 Å². The van der Waals surface area contributed by atoms with Crippen molar-refractivity contribution in [1.82, 2.24) is 9.55 Å². The van der Waals surface area contributed by atoms with E-state index in [4.69, 9.17) is 4.74 Å². The van der Waals surface area contributed by atoms with Crippen molar-refractivity contribution in [2.24, 2.45) is 0 Å². The van der Waals surface area contributed by atoms with Gasteiger partial charge in [-0.1, -0.05) is 0 Å². The molecule has 0 aliphatic carbocycles. The molecule has 0 aliphatic heterocycles. The number of aromatic carboxylic acids is 1. The standard InChI is InChI=1S/C18H22N2O6/c1-10-8-14-15(9-11(10)2)20(17(23)16(19-14)18(24)25)6-4-13(22)5-7-26-12(3)21/h8-9,13,22H,4-7H2,1-3H3,(H,24,25). The minimum Gasteiger partial charge on any atom is -0.476 e. The van der Waals surface area contributed by atoms with E-state index in [0.717, 1.165) is 11.1 Å². The van der Waals surface area contributed by atoms with Crippen molar-refractivity contribution in [3.63, 3.8) is 0 Å². The second-order valence-corrected chi connectivity index (χ2v) is 6.22. The molecule has 2 aromatic rings. The summed E-state index contributed by atoms with van der Waals surface area (Å²) in [6.07, 6.45) is -0.336. The average molecular weight is 362 g/mol. The average Bonchev–Trinajstić information content (AvgIpc) is 2.54. The third-order valence-electron chi connectivity index (χ3n) is 4.21. The van der Waals surface area contributed by atoms with Crippen LogP contribution < -0.4 is 5.56 Å². The summed E-state index contributed by atoms with van der Waals surface area (Å²) in [7, 11) is 0. The fourth-order valence-corrected chi connectivity index (χ4v) is 2.62. The number of aryl methyl sites for hydroxylation is 3. The fraction of sp³-hybridized carbons (Fsp3) is 0.444. The summed E-state index contributed by atoms with van der Waals surface area (Å²) in [5.41, 5.74) is 1.57. The van der Waals surface area contributed by atoms with E-state index in [9.17, 15) is 24.6 Å². The maximum atomic E-state index is 12.5. The Hall–Kier alpha value is -2.74. The Morgan fingerprint density at radius 1 is 1.23 bits per heavy atom. The van der Waals surface area contributed by atoms with Gasteiger partial charge in [0.25, 0.3) is 5.56 Å². The molecule has 0 saturated heterocycles. The fourth-order valence-electron chi connectivity index (χ4n) is 2.62. The number of rotatable bonds is 7. The van der Waals surface area contributed by atoms with Gasteiger partial charge in [0.05, 0.1) is 23.7 Å². The van der Waals surface area contributed by atoms with Gasteiger partial charge in [-0.15, -0.1) is 0 Å². The van der Waals surface area contributed by atoms with Crippen LogP contribution >= 0.6 is 0 Å². The van der Waals surface area contributed by atoms with E-state index >= 15 is 0 Å². The van der Waals surface area contributed by atoms with E-state index in [-0.39, 0.29) is 26.0 Å². The minimum atomic E-state index is -1.39. The smallest absolute Gasteiger partial charge is 0.360 e. The first-order valence-electron chi connectivity index (χ1n) is 8.27. The largest absolute Gasteiger partial charge is 0.476 e. The molecular weight excluding hydrogens is 340 g/mol. The zero-order chi connectivity index (χ0) is 19.4. The molecule has 1 heterocycles. The molecule has 0 fully saturated rings. The van der Waals surface area contributed by atoms with E-state index in [1.807, 2.05) is 13.8 Å². The van der Waals surface area contributed by atoms with Crippen LogP contribution in [-0.4, -0.2) is 44.4 Å². The van der Waals surface area contributed by atoms with Crippen molar-refractivity contribution in [2.45, 2.75) is 46.3 Å². The van der Waals surface area contributed by atoms with Gasteiger partial charge in [0.2, 0.25) is 5.69 Å². The van der Waals surface area contributed by atoms with Gasteiger partial charge in [-0.3, -0.25) is 9.59 Å². The Bertz CT molecular complexity index is 903. The van der Waals surface area contributed by atoms with Gasteiger partial charge >= 0.3 is 11.9 Å². The summed E-state index contributed by atoms with van der Waals surface area (Å²) < 4.78 is 6.11. The number of aromatic nitrogens is 2. The molecule has 0 saturated carbocycles. The lowest BCUT2D eigenvalue weighted by atomic mass is 10.1. The normalized spacial score (nSPS) is 12.2. The second-order valence-electron chi connectivity index (χ2n) is 6.22. The highest BCUT2D eigenvalue weighted by atomic mass is 16.5. The first-order valence-corrected chi connectivity index (χ1v) is 8.27. The number of hydrogen-bond donors (Lipinski definition) is 2. The van der Waals surface area contributed by atoms with E-state index in [1.165, 1.54) is 11.5 Å². The van der Waals surface area contributed by atoms with Crippen LogP contribution in [0.25, 0.3) is 11.0 Å². The Kier molecular flexibility index (Phi) is 6.10. The monoisotopic (exact) mass is 362 g/mol. The first kappa shape index (κ1) is 19.6. The number of aliphatic hydroxyl groups excluding tert-OH is 1. The van der Waals surface area contributed by atoms with E-state index in [2.05, 4.69) is 4.98 Å². The van der Waals surface area contributed by atoms with Crippen molar-refractivity contribution in [1.29, 1.82) is 0 Å². The number of ether oxygens (including phenoxy) is 1. The molecule has 0 aliphatic rings.